The summed E-state index contributed by atoms with van der Waals surface area (Å²) in [5, 5.41) is 7.11. The van der Waals surface area contributed by atoms with Crippen LogP contribution in [-0.2, 0) is 12.6 Å². The lowest BCUT2D eigenvalue weighted by Crippen LogP contribution is -2.04. The number of rotatable bonds is 4. The Labute approximate surface area is 166 Å². The maximum absolute atomic E-state index is 12.7. The van der Waals surface area contributed by atoms with E-state index in [1.807, 2.05) is 23.6 Å². The van der Waals surface area contributed by atoms with E-state index in [9.17, 15) is 13.2 Å². The lowest BCUT2D eigenvalue weighted by Gasteiger charge is -2.05. The third-order valence-corrected chi connectivity index (χ3v) is 5.12. The van der Waals surface area contributed by atoms with Crippen molar-refractivity contribution in [3.05, 3.63) is 75.4 Å². The molecule has 0 aliphatic rings. The number of alkyl halides is 3. The lowest BCUT2D eigenvalue weighted by atomic mass is 10.1. The van der Waals surface area contributed by atoms with Crippen LogP contribution in [0.4, 0.5) is 13.2 Å². The van der Waals surface area contributed by atoms with Gasteiger partial charge in [0, 0.05) is 21.5 Å². The minimum Gasteiger partial charge on any atom is -0.339 e. The molecule has 2 heterocycles. The molecule has 2 aromatic heterocycles. The zero-order valence-electron chi connectivity index (χ0n) is 14.1. The first-order chi connectivity index (χ1) is 13.4. The van der Waals surface area contributed by atoms with Gasteiger partial charge in [0.25, 0.3) is 0 Å². The molecule has 0 radical (unpaired) electrons. The fourth-order valence-corrected chi connectivity index (χ4v) is 3.58. The van der Waals surface area contributed by atoms with E-state index in [0.717, 1.165) is 28.4 Å². The Morgan fingerprint density at radius 3 is 2.46 bits per heavy atom. The Bertz CT molecular complexity index is 1110. The fourth-order valence-electron chi connectivity index (χ4n) is 2.57. The SMILES string of the molecule is FC(F)(F)c1ccc(-c2noc(Cc3nc(-c4ccccc4Cl)cs3)n2)cc1. The Kier molecular flexibility index (Phi) is 4.91. The minimum absolute atomic E-state index is 0.228. The molecule has 0 saturated heterocycles. The topological polar surface area (TPSA) is 51.8 Å². The van der Waals surface area contributed by atoms with Gasteiger partial charge in [0.05, 0.1) is 17.7 Å². The van der Waals surface area contributed by atoms with Gasteiger partial charge in [-0.15, -0.1) is 11.3 Å². The largest absolute Gasteiger partial charge is 0.416 e. The van der Waals surface area contributed by atoms with E-state index in [4.69, 9.17) is 16.1 Å². The summed E-state index contributed by atoms with van der Waals surface area (Å²) in [6, 6.07) is 12.0. The van der Waals surface area contributed by atoms with E-state index in [1.54, 1.807) is 6.07 Å². The highest BCUT2D eigenvalue weighted by Gasteiger charge is 2.30. The summed E-state index contributed by atoms with van der Waals surface area (Å²) < 4.78 is 43.2. The van der Waals surface area contributed by atoms with Crippen LogP contribution in [0, 0.1) is 0 Å². The second-order valence-corrected chi connectivity index (χ2v) is 7.22. The molecule has 0 bridgehead atoms. The van der Waals surface area contributed by atoms with E-state index in [-0.39, 0.29) is 5.82 Å². The maximum atomic E-state index is 12.7. The summed E-state index contributed by atoms with van der Waals surface area (Å²) in [6.07, 6.45) is -4.06. The van der Waals surface area contributed by atoms with Gasteiger partial charge in [-0.1, -0.05) is 47.1 Å². The van der Waals surface area contributed by atoms with Gasteiger partial charge >= 0.3 is 6.18 Å². The van der Waals surface area contributed by atoms with Crippen molar-refractivity contribution >= 4 is 22.9 Å². The van der Waals surface area contributed by atoms with Crippen LogP contribution < -0.4 is 0 Å². The molecule has 0 fully saturated rings. The summed E-state index contributed by atoms with van der Waals surface area (Å²) in [5.74, 6) is 0.557. The van der Waals surface area contributed by atoms with E-state index >= 15 is 0 Å². The number of thiazole rings is 1. The standard InChI is InChI=1S/C19H11ClF3N3OS/c20-14-4-2-1-3-13(14)15-10-28-17(24-15)9-16-25-18(26-27-16)11-5-7-12(8-6-11)19(21,22)23/h1-8,10H,9H2. The smallest absolute Gasteiger partial charge is 0.339 e. The second kappa shape index (κ2) is 7.37. The zero-order chi connectivity index (χ0) is 19.7. The van der Waals surface area contributed by atoms with Crippen molar-refractivity contribution in [3.8, 4) is 22.6 Å². The number of aromatic nitrogens is 3. The van der Waals surface area contributed by atoms with Gasteiger partial charge in [-0.2, -0.15) is 18.2 Å². The van der Waals surface area contributed by atoms with E-state index < -0.39 is 11.7 Å². The van der Waals surface area contributed by atoms with Crippen LogP contribution in [-0.4, -0.2) is 15.1 Å². The van der Waals surface area contributed by atoms with E-state index in [1.165, 1.54) is 23.5 Å². The molecule has 2 aromatic carbocycles. The van der Waals surface area contributed by atoms with Gasteiger partial charge in [-0.25, -0.2) is 4.98 Å². The second-order valence-electron chi connectivity index (χ2n) is 5.87. The third kappa shape index (κ3) is 3.93. The Hall–Kier alpha value is -2.71. The fraction of sp³-hybridized carbons (Fsp3) is 0.105. The van der Waals surface area contributed by atoms with E-state index in [2.05, 4.69) is 15.1 Å². The summed E-state index contributed by atoms with van der Waals surface area (Å²) >= 11 is 7.63. The van der Waals surface area contributed by atoms with Crippen LogP contribution in [0.1, 0.15) is 16.5 Å². The molecule has 0 atom stereocenters. The first kappa shape index (κ1) is 18.6. The highest BCUT2D eigenvalue weighted by Crippen LogP contribution is 2.31. The minimum atomic E-state index is -4.38. The monoisotopic (exact) mass is 421 g/mol. The van der Waals surface area contributed by atoms with Gasteiger partial charge in [-0.3, -0.25) is 0 Å². The number of benzene rings is 2. The van der Waals surface area contributed by atoms with Crippen molar-refractivity contribution in [1.29, 1.82) is 0 Å². The molecule has 4 rings (SSSR count). The first-order valence-corrected chi connectivity index (χ1v) is 9.35. The Balaban J connectivity index is 1.51. The van der Waals surface area contributed by atoms with Crippen molar-refractivity contribution in [3.63, 3.8) is 0 Å². The quantitative estimate of drug-likeness (QED) is 0.398. The summed E-state index contributed by atoms with van der Waals surface area (Å²) in [5.41, 5.74) is 1.31. The van der Waals surface area contributed by atoms with Gasteiger partial charge in [0.2, 0.25) is 11.7 Å². The van der Waals surface area contributed by atoms with Crippen LogP contribution in [0.3, 0.4) is 0 Å². The van der Waals surface area contributed by atoms with Crippen LogP contribution in [0.25, 0.3) is 22.6 Å². The van der Waals surface area contributed by atoms with Crippen LogP contribution in [0.15, 0.2) is 58.4 Å². The molecular weight excluding hydrogens is 411 g/mol. The number of nitrogens with zero attached hydrogens (tertiary/aromatic N) is 3. The Morgan fingerprint density at radius 1 is 1.00 bits per heavy atom. The highest BCUT2D eigenvalue weighted by atomic mass is 35.5. The van der Waals surface area contributed by atoms with Crippen molar-refractivity contribution in [2.24, 2.45) is 0 Å². The molecule has 0 amide bonds. The van der Waals surface area contributed by atoms with Crippen molar-refractivity contribution in [2.75, 3.05) is 0 Å². The molecule has 142 valence electrons. The molecule has 0 spiro atoms. The van der Waals surface area contributed by atoms with Gasteiger partial charge in [0.15, 0.2) is 0 Å². The average molecular weight is 422 g/mol. The predicted octanol–water partition coefficient (Wildman–Crippen LogP) is 6.12. The highest BCUT2D eigenvalue weighted by molar-refractivity contribution is 7.10. The number of hydrogen-bond donors (Lipinski definition) is 0. The zero-order valence-corrected chi connectivity index (χ0v) is 15.6. The number of halogens is 4. The first-order valence-electron chi connectivity index (χ1n) is 8.09. The van der Waals surface area contributed by atoms with Crippen LogP contribution >= 0.6 is 22.9 Å². The van der Waals surface area contributed by atoms with Crippen molar-refractivity contribution < 1.29 is 17.7 Å². The molecule has 28 heavy (non-hydrogen) atoms. The molecule has 4 nitrogen and oxygen atoms in total. The molecule has 0 N–H and O–H groups in total. The predicted molar refractivity (Wildman–Crippen MR) is 100 cm³/mol. The molecule has 0 aliphatic carbocycles. The summed E-state index contributed by atoms with van der Waals surface area (Å²) in [6.45, 7) is 0. The molecule has 4 aromatic rings. The Morgan fingerprint density at radius 2 is 1.75 bits per heavy atom. The lowest BCUT2D eigenvalue weighted by molar-refractivity contribution is -0.137. The molecule has 0 unspecified atom stereocenters. The normalized spacial score (nSPS) is 11.7. The van der Waals surface area contributed by atoms with Gasteiger partial charge in [-0.05, 0) is 18.2 Å². The molecule has 9 heteroatoms. The third-order valence-electron chi connectivity index (χ3n) is 3.94. The average Bonchev–Trinajstić information content (AvgIpc) is 3.32. The maximum Gasteiger partial charge on any atom is 0.416 e. The van der Waals surface area contributed by atoms with Gasteiger partial charge in [0.1, 0.15) is 5.01 Å². The summed E-state index contributed by atoms with van der Waals surface area (Å²) in [4.78, 5) is 8.79. The van der Waals surface area contributed by atoms with Crippen molar-refractivity contribution in [2.45, 2.75) is 12.6 Å². The van der Waals surface area contributed by atoms with Crippen LogP contribution in [0.2, 0.25) is 5.02 Å². The van der Waals surface area contributed by atoms with E-state index in [0.29, 0.717) is 22.9 Å². The number of hydrogen-bond acceptors (Lipinski definition) is 5. The van der Waals surface area contributed by atoms with Crippen LogP contribution in [0.5, 0.6) is 0 Å². The summed E-state index contributed by atoms with van der Waals surface area (Å²) in [7, 11) is 0. The molecule has 0 saturated carbocycles. The molecule has 0 aliphatic heterocycles. The molecular formula is C19H11ClF3N3OS. The van der Waals surface area contributed by atoms with Crippen molar-refractivity contribution in [1.82, 2.24) is 15.1 Å². The van der Waals surface area contributed by atoms with Gasteiger partial charge < -0.3 is 4.52 Å².